The minimum Gasteiger partial charge on any atom is -0.481 e. The quantitative estimate of drug-likeness (QED) is 0.906. The smallest absolute Gasteiger partial charge is 0.303 e. The number of carboxylic acid groups (broad SMARTS) is 1. The van der Waals surface area contributed by atoms with E-state index in [0.717, 1.165) is 12.8 Å². The Morgan fingerprint density at radius 3 is 2.62 bits per heavy atom. The first-order chi connectivity index (χ1) is 9.80. The summed E-state index contributed by atoms with van der Waals surface area (Å²) >= 11 is 0. The van der Waals surface area contributed by atoms with Gasteiger partial charge in [-0.05, 0) is 29.4 Å². The Bertz CT molecular complexity index is 551. The highest BCUT2D eigenvalue weighted by atomic mass is 16.4. The summed E-state index contributed by atoms with van der Waals surface area (Å²) < 4.78 is 0. The molecule has 0 radical (unpaired) electrons. The highest BCUT2D eigenvalue weighted by Gasteiger charge is 2.32. The second-order valence-corrected chi connectivity index (χ2v) is 6.67. The molecular weight excluding hydrogens is 266 g/mol. The van der Waals surface area contributed by atoms with Crippen molar-refractivity contribution in [3.05, 3.63) is 35.4 Å². The van der Waals surface area contributed by atoms with E-state index in [0.29, 0.717) is 0 Å². The minimum atomic E-state index is -0.860. The van der Waals surface area contributed by atoms with Gasteiger partial charge in [-0.1, -0.05) is 38.1 Å². The molecule has 0 saturated carbocycles. The van der Waals surface area contributed by atoms with Crippen LogP contribution in [0.5, 0.6) is 0 Å². The lowest BCUT2D eigenvalue weighted by atomic mass is 9.85. The molecule has 1 unspecified atom stereocenters. The van der Waals surface area contributed by atoms with Gasteiger partial charge in [0.2, 0.25) is 5.91 Å². The van der Waals surface area contributed by atoms with Crippen LogP contribution in [0.4, 0.5) is 0 Å². The molecule has 21 heavy (non-hydrogen) atoms. The molecular formula is C17H23NO3. The van der Waals surface area contributed by atoms with Crippen LogP contribution in [0.2, 0.25) is 0 Å². The Morgan fingerprint density at radius 1 is 1.29 bits per heavy atom. The van der Waals surface area contributed by atoms with Crippen LogP contribution in [0.15, 0.2) is 24.3 Å². The lowest BCUT2D eigenvalue weighted by Gasteiger charge is -2.30. The van der Waals surface area contributed by atoms with E-state index in [1.807, 2.05) is 33.0 Å². The van der Waals surface area contributed by atoms with E-state index in [9.17, 15) is 9.59 Å². The maximum atomic E-state index is 12.5. The Hall–Kier alpha value is -1.84. The van der Waals surface area contributed by atoms with Gasteiger partial charge in [-0.3, -0.25) is 9.59 Å². The Labute approximate surface area is 125 Å². The van der Waals surface area contributed by atoms with E-state index < -0.39 is 11.4 Å². The van der Waals surface area contributed by atoms with Crippen LogP contribution < -0.4 is 0 Å². The molecule has 1 N–H and O–H groups in total. The number of benzene rings is 1. The van der Waals surface area contributed by atoms with Crippen LogP contribution in [0.3, 0.4) is 0 Å². The summed E-state index contributed by atoms with van der Waals surface area (Å²) in [5.41, 5.74) is 2.02. The van der Waals surface area contributed by atoms with Crippen molar-refractivity contribution >= 4 is 11.9 Å². The number of fused-ring (bicyclic) bond motifs is 1. The van der Waals surface area contributed by atoms with Gasteiger partial charge in [-0.2, -0.15) is 0 Å². The monoisotopic (exact) mass is 289 g/mol. The van der Waals surface area contributed by atoms with E-state index in [4.69, 9.17) is 5.11 Å². The zero-order chi connectivity index (χ0) is 15.6. The van der Waals surface area contributed by atoms with Crippen molar-refractivity contribution in [1.82, 2.24) is 4.90 Å². The fraction of sp³-hybridized carbons (Fsp3) is 0.529. The maximum Gasteiger partial charge on any atom is 0.303 e. The van der Waals surface area contributed by atoms with Crippen molar-refractivity contribution in [1.29, 1.82) is 0 Å². The summed E-state index contributed by atoms with van der Waals surface area (Å²) in [6.45, 7) is 3.66. The first kappa shape index (κ1) is 15.5. The van der Waals surface area contributed by atoms with E-state index in [1.54, 1.807) is 4.90 Å². The number of aliphatic carboxylic acids is 1. The fourth-order valence-corrected chi connectivity index (χ4v) is 3.12. The Morgan fingerprint density at radius 2 is 1.95 bits per heavy atom. The first-order valence-corrected chi connectivity index (χ1v) is 7.35. The number of carbonyl (C=O) groups is 2. The molecule has 2 rings (SSSR count). The molecule has 0 spiro atoms. The second kappa shape index (κ2) is 5.88. The largest absolute Gasteiger partial charge is 0.481 e. The SMILES string of the molecule is CN(C(=O)CC(C)(C)CC(=O)O)C1CCc2ccccc21. The summed E-state index contributed by atoms with van der Waals surface area (Å²) in [5, 5.41) is 8.92. The van der Waals surface area contributed by atoms with Gasteiger partial charge in [0, 0.05) is 13.5 Å². The molecule has 114 valence electrons. The summed E-state index contributed by atoms with van der Waals surface area (Å²) in [7, 11) is 1.83. The normalized spacial score (nSPS) is 17.4. The molecule has 1 aliphatic rings. The lowest BCUT2D eigenvalue weighted by Crippen LogP contribution is -2.34. The van der Waals surface area contributed by atoms with Crippen LogP contribution in [-0.2, 0) is 16.0 Å². The highest BCUT2D eigenvalue weighted by Crippen LogP contribution is 2.36. The summed E-state index contributed by atoms with van der Waals surface area (Å²) in [6.07, 6.45) is 2.21. The number of rotatable bonds is 5. The summed E-state index contributed by atoms with van der Waals surface area (Å²) in [6, 6.07) is 8.35. The molecule has 1 aromatic rings. The maximum absolute atomic E-state index is 12.5. The van der Waals surface area contributed by atoms with Gasteiger partial charge in [0.05, 0.1) is 12.5 Å². The molecule has 1 atom stereocenters. The van der Waals surface area contributed by atoms with E-state index in [2.05, 4.69) is 12.1 Å². The standard InChI is InChI=1S/C17H23NO3/c1-17(2,11-16(20)21)10-15(19)18(3)14-9-8-12-6-4-5-7-13(12)14/h4-7,14H,8-11H2,1-3H3,(H,20,21). The zero-order valence-electron chi connectivity index (χ0n) is 12.9. The van der Waals surface area contributed by atoms with Crippen molar-refractivity contribution < 1.29 is 14.7 Å². The average Bonchev–Trinajstić information content (AvgIpc) is 2.79. The zero-order valence-corrected chi connectivity index (χ0v) is 12.9. The minimum absolute atomic E-state index is 0.00777. The Kier molecular flexibility index (Phi) is 4.35. The van der Waals surface area contributed by atoms with Crippen LogP contribution >= 0.6 is 0 Å². The third kappa shape index (κ3) is 3.63. The molecule has 1 aliphatic carbocycles. The third-order valence-corrected chi connectivity index (χ3v) is 4.22. The number of carboxylic acids is 1. The summed E-state index contributed by atoms with van der Waals surface area (Å²) in [4.78, 5) is 25.1. The predicted octanol–water partition coefficient (Wildman–Crippen LogP) is 3.02. The van der Waals surface area contributed by atoms with Crippen LogP contribution in [0, 0.1) is 5.41 Å². The molecule has 0 aromatic heterocycles. The van der Waals surface area contributed by atoms with Gasteiger partial charge in [0.25, 0.3) is 0 Å². The molecule has 0 heterocycles. The third-order valence-electron chi connectivity index (χ3n) is 4.22. The predicted molar refractivity (Wildman–Crippen MR) is 80.9 cm³/mol. The van der Waals surface area contributed by atoms with Gasteiger partial charge in [-0.25, -0.2) is 0 Å². The number of nitrogens with zero attached hydrogens (tertiary/aromatic N) is 1. The van der Waals surface area contributed by atoms with Gasteiger partial charge in [-0.15, -0.1) is 0 Å². The summed E-state index contributed by atoms with van der Waals surface area (Å²) in [5.74, 6) is -0.843. The molecule has 1 amide bonds. The molecule has 0 bridgehead atoms. The van der Waals surface area contributed by atoms with Gasteiger partial charge < -0.3 is 10.0 Å². The molecule has 1 aromatic carbocycles. The van der Waals surface area contributed by atoms with Crippen molar-refractivity contribution in [3.63, 3.8) is 0 Å². The van der Waals surface area contributed by atoms with Crippen LogP contribution in [0.1, 0.15) is 50.3 Å². The second-order valence-electron chi connectivity index (χ2n) is 6.67. The van der Waals surface area contributed by atoms with Gasteiger partial charge in [0.1, 0.15) is 0 Å². The molecule has 0 aliphatic heterocycles. The topological polar surface area (TPSA) is 57.6 Å². The molecule has 0 saturated heterocycles. The molecule has 4 nitrogen and oxygen atoms in total. The fourth-order valence-electron chi connectivity index (χ4n) is 3.12. The van der Waals surface area contributed by atoms with E-state index in [1.165, 1.54) is 11.1 Å². The number of amides is 1. The van der Waals surface area contributed by atoms with Gasteiger partial charge >= 0.3 is 5.97 Å². The van der Waals surface area contributed by atoms with Crippen molar-refractivity contribution in [2.75, 3.05) is 7.05 Å². The van der Waals surface area contributed by atoms with E-state index >= 15 is 0 Å². The lowest BCUT2D eigenvalue weighted by molar-refractivity contribution is -0.141. The number of hydrogen-bond donors (Lipinski definition) is 1. The average molecular weight is 289 g/mol. The van der Waals surface area contributed by atoms with Crippen molar-refractivity contribution in [2.24, 2.45) is 5.41 Å². The van der Waals surface area contributed by atoms with Crippen LogP contribution in [0.25, 0.3) is 0 Å². The number of aryl methyl sites for hydroxylation is 1. The van der Waals surface area contributed by atoms with E-state index in [-0.39, 0.29) is 24.8 Å². The molecule has 4 heteroatoms. The molecule has 0 fully saturated rings. The van der Waals surface area contributed by atoms with Crippen LogP contribution in [-0.4, -0.2) is 28.9 Å². The highest BCUT2D eigenvalue weighted by molar-refractivity contribution is 5.78. The Balaban J connectivity index is 2.06. The van der Waals surface area contributed by atoms with Gasteiger partial charge in [0.15, 0.2) is 0 Å². The van der Waals surface area contributed by atoms with Crippen molar-refractivity contribution in [3.8, 4) is 0 Å². The number of hydrogen-bond acceptors (Lipinski definition) is 2. The number of carbonyl (C=O) groups excluding carboxylic acids is 1. The first-order valence-electron chi connectivity index (χ1n) is 7.35. The van der Waals surface area contributed by atoms with Crippen molar-refractivity contribution in [2.45, 2.75) is 45.6 Å².